The molecule has 1 N–H and O–H groups in total. The van der Waals surface area contributed by atoms with Gasteiger partial charge in [0.15, 0.2) is 0 Å². The molecule has 0 aliphatic rings. The van der Waals surface area contributed by atoms with Crippen LogP contribution in [0.25, 0.3) is 22.4 Å². The molecule has 0 fully saturated rings. The van der Waals surface area contributed by atoms with E-state index in [1.165, 1.54) is 11.1 Å². The van der Waals surface area contributed by atoms with Crippen molar-refractivity contribution in [2.75, 3.05) is 5.32 Å². The minimum Gasteiger partial charge on any atom is -0.355 e. The van der Waals surface area contributed by atoms with Gasteiger partial charge in [0.1, 0.15) is 0 Å². The second kappa shape index (κ2) is 8.75. The molecule has 3 aromatic rings. The van der Waals surface area contributed by atoms with E-state index < -0.39 is 0 Å². The molecule has 1 nitrogen and oxygen atoms in total. The summed E-state index contributed by atoms with van der Waals surface area (Å²) in [6.45, 7) is 10.5. The van der Waals surface area contributed by atoms with Crippen LogP contribution in [0.3, 0.4) is 0 Å². The molecule has 3 aromatic carbocycles. The molecule has 0 bridgehead atoms. The molecule has 136 valence electrons. The van der Waals surface area contributed by atoms with Crippen molar-refractivity contribution in [1.29, 1.82) is 0 Å². The number of benzene rings is 3. The molecule has 0 saturated carbocycles. The van der Waals surface area contributed by atoms with E-state index in [-0.39, 0.29) is 0 Å². The molecule has 0 radical (unpaired) electrons. The molecule has 0 aliphatic carbocycles. The largest absolute Gasteiger partial charge is 0.355 e. The smallest absolute Gasteiger partial charge is 0.0499 e. The Morgan fingerprint density at radius 2 is 1.56 bits per heavy atom. The number of allylic oxidation sites excluding steroid dienone is 1. The van der Waals surface area contributed by atoms with Crippen molar-refractivity contribution >= 4 is 28.6 Å². The SMILES string of the molecule is C=C(CCC)c1ccc(-c2ccccc2NC(=C)c2ccccc2Cl)cc1. The van der Waals surface area contributed by atoms with Gasteiger partial charge in [0, 0.05) is 27.5 Å². The lowest BCUT2D eigenvalue weighted by atomic mass is 9.98. The van der Waals surface area contributed by atoms with Gasteiger partial charge in [-0.05, 0) is 35.3 Å². The predicted octanol–water partition coefficient (Wildman–Crippen LogP) is 7.90. The van der Waals surface area contributed by atoms with Crippen molar-refractivity contribution in [3.63, 3.8) is 0 Å². The van der Waals surface area contributed by atoms with Crippen LogP contribution in [0.4, 0.5) is 5.69 Å². The Morgan fingerprint density at radius 1 is 0.889 bits per heavy atom. The highest BCUT2D eigenvalue weighted by atomic mass is 35.5. The topological polar surface area (TPSA) is 12.0 Å². The number of nitrogens with one attached hydrogen (secondary N) is 1. The first-order chi connectivity index (χ1) is 13.1. The normalized spacial score (nSPS) is 10.4. The second-order valence-corrected chi connectivity index (χ2v) is 6.97. The fourth-order valence-electron chi connectivity index (χ4n) is 3.11. The number of halogens is 1. The Bertz CT molecular complexity index is 954. The van der Waals surface area contributed by atoms with Gasteiger partial charge in [0.25, 0.3) is 0 Å². The fourth-order valence-corrected chi connectivity index (χ4v) is 3.36. The van der Waals surface area contributed by atoms with Crippen molar-refractivity contribution < 1.29 is 0 Å². The molecule has 0 aromatic heterocycles. The zero-order valence-electron chi connectivity index (χ0n) is 15.6. The van der Waals surface area contributed by atoms with Gasteiger partial charge in [-0.15, -0.1) is 0 Å². The Labute approximate surface area is 167 Å². The molecule has 0 atom stereocenters. The summed E-state index contributed by atoms with van der Waals surface area (Å²) < 4.78 is 0. The van der Waals surface area contributed by atoms with Crippen molar-refractivity contribution in [3.05, 3.63) is 102 Å². The highest BCUT2D eigenvalue weighted by molar-refractivity contribution is 6.32. The summed E-state index contributed by atoms with van der Waals surface area (Å²) in [5.41, 5.74) is 7.34. The van der Waals surface area contributed by atoms with Gasteiger partial charge >= 0.3 is 0 Å². The first kappa shape index (κ1) is 19.0. The van der Waals surface area contributed by atoms with Crippen molar-refractivity contribution in [3.8, 4) is 11.1 Å². The van der Waals surface area contributed by atoms with E-state index in [1.54, 1.807) is 0 Å². The highest BCUT2D eigenvalue weighted by Crippen LogP contribution is 2.32. The van der Waals surface area contributed by atoms with E-state index in [0.29, 0.717) is 5.02 Å². The van der Waals surface area contributed by atoms with E-state index in [1.807, 2.05) is 36.4 Å². The van der Waals surface area contributed by atoms with Crippen LogP contribution >= 0.6 is 11.6 Å². The Balaban J connectivity index is 1.87. The third-order valence-electron chi connectivity index (χ3n) is 4.57. The maximum absolute atomic E-state index is 6.31. The lowest BCUT2D eigenvalue weighted by Crippen LogP contribution is -1.99. The van der Waals surface area contributed by atoms with Crippen molar-refractivity contribution in [1.82, 2.24) is 0 Å². The van der Waals surface area contributed by atoms with Gasteiger partial charge in [-0.3, -0.25) is 0 Å². The van der Waals surface area contributed by atoms with Crippen LogP contribution in [0.1, 0.15) is 30.9 Å². The fraction of sp³-hybridized carbons (Fsp3) is 0.120. The van der Waals surface area contributed by atoms with E-state index in [0.717, 1.165) is 40.9 Å². The van der Waals surface area contributed by atoms with Gasteiger partial charge < -0.3 is 5.32 Å². The summed E-state index contributed by atoms with van der Waals surface area (Å²) in [6.07, 6.45) is 2.13. The zero-order chi connectivity index (χ0) is 19.2. The lowest BCUT2D eigenvalue weighted by Gasteiger charge is -2.15. The molecular formula is C25H24ClN. The molecule has 0 unspecified atom stereocenters. The van der Waals surface area contributed by atoms with E-state index >= 15 is 0 Å². The standard InChI is InChI=1S/C25H24ClN/c1-4-9-18(2)20-14-16-21(17-15-20)23-11-6-8-13-25(23)27-19(3)22-10-5-7-12-24(22)26/h5-8,10-17,27H,2-4,9H2,1H3. The monoisotopic (exact) mass is 373 g/mol. The van der Waals surface area contributed by atoms with Crippen LogP contribution in [-0.2, 0) is 0 Å². The van der Waals surface area contributed by atoms with Crippen LogP contribution in [-0.4, -0.2) is 0 Å². The quantitative estimate of drug-likeness (QED) is 0.443. The number of para-hydroxylation sites is 1. The number of rotatable bonds is 7. The minimum absolute atomic E-state index is 0.686. The van der Waals surface area contributed by atoms with Crippen molar-refractivity contribution in [2.24, 2.45) is 0 Å². The number of hydrogen-bond acceptors (Lipinski definition) is 1. The van der Waals surface area contributed by atoms with Gasteiger partial charge in [-0.25, -0.2) is 0 Å². The predicted molar refractivity (Wildman–Crippen MR) is 120 cm³/mol. The average Bonchev–Trinajstić information content (AvgIpc) is 2.69. The van der Waals surface area contributed by atoms with Crippen LogP contribution < -0.4 is 5.32 Å². The van der Waals surface area contributed by atoms with Crippen molar-refractivity contribution in [2.45, 2.75) is 19.8 Å². The molecule has 0 amide bonds. The minimum atomic E-state index is 0.686. The third-order valence-corrected chi connectivity index (χ3v) is 4.90. The maximum atomic E-state index is 6.31. The maximum Gasteiger partial charge on any atom is 0.0499 e. The molecule has 27 heavy (non-hydrogen) atoms. The summed E-state index contributed by atoms with van der Waals surface area (Å²) in [5, 5.41) is 4.11. The summed E-state index contributed by atoms with van der Waals surface area (Å²) in [6, 6.07) is 24.5. The summed E-state index contributed by atoms with van der Waals surface area (Å²) >= 11 is 6.31. The van der Waals surface area contributed by atoms with E-state index in [4.69, 9.17) is 11.6 Å². The van der Waals surface area contributed by atoms with Gasteiger partial charge in [-0.1, -0.05) is 98.8 Å². The Hall–Kier alpha value is -2.77. The number of hydrogen-bond donors (Lipinski definition) is 1. The third kappa shape index (κ3) is 4.50. The van der Waals surface area contributed by atoms with E-state index in [9.17, 15) is 0 Å². The van der Waals surface area contributed by atoms with Crippen LogP contribution in [0, 0.1) is 0 Å². The summed E-state index contributed by atoms with van der Waals surface area (Å²) in [7, 11) is 0. The van der Waals surface area contributed by atoms with E-state index in [2.05, 4.69) is 61.8 Å². The first-order valence-electron chi connectivity index (χ1n) is 9.18. The molecule has 0 spiro atoms. The number of anilines is 1. The lowest BCUT2D eigenvalue weighted by molar-refractivity contribution is 0.975. The Morgan fingerprint density at radius 3 is 2.26 bits per heavy atom. The first-order valence-corrected chi connectivity index (χ1v) is 9.56. The molecule has 3 rings (SSSR count). The molecule has 0 heterocycles. The van der Waals surface area contributed by atoms with Gasteiger partial charge in [-0.2, -0.15) is 0 Å². The Kier molecular flexibility index (Phi) is 6.16. The average molecular weight is 374 g/mol. The van der Waals surface area contributed by atoms with Crippen LogP contribution in [0.2, 0.25) is 5.02 Å². The van der Waals surface area contributed by atoms with Gasteiger partial charge in [0.2, 0.25) is 0 Å². The highest BCUT2D eigenvalue weighted by Gasteiger charge is 2.09. The zero-order valence-corrected chi connectivity index (χ0v) is 16.4. The summed E-state index contributed by atoms with van der Waals surface area (Å²) in [4.78, 5) is 0. The summed E-state index contributed by atoms with van der Waals surface area (Å²) in [5.74, 6) is 0. The molecule has 2 heteroatoms. The second-order valence-electron chi connectivity index (χ2n) is 6.56. The molecule has 0 aliphatic heterocycles. The van der Waals surface area contributed by atoms with Crippen LogP contribution in [0.15, 0.2) is 86.0 Å². The molecule has 0 saturated heterocycles. The molecular weight excluding hydrogens is 350 g/mol. The van der Waals surface area contributed by atoms with Crippen LogP contribution in [0.5, 0.6) is 0 Å². The van der Waals surface area contributed by atoms with Gasteiger partial charge in [0.05, 0.1) is 0 Å².